The number of H-pyrrole nitrogens is 1. The van der Waals surface area contributed by atoms with Crippen molar-refractivity contribution < 1.29 is 4.74 Å². The van der Waals surface area contributed by atoms with Gasteiger partial charge in [-0.15, -0.1) is 0 Å². The van der Waals surface area contributed by atoms with Crippen molar-refractivity contribution in [3.8, 4) is 5.75 Å². The molecule has 20 heavy (non-hydrogen) atoms. The maximum atomic E-state index is 6.02. The van der Waals surface area contributed by atoms with Gasteiger partial charge in [-0.05, 0) is 23.8 Å². The molecule has 0 atom stereocenters. The number of rotatable bonds is 4. The Labute approximate surface area is 122 Å². The van der Waals surface area contributed by atoms with Crippen LogP contribution < -0.4 is 10.1 Å². The van der Waals surface area contributed by atoms with Crippen LogP contribution in [0.3, 0.4) is 0 Å². The zero-order valence-electron chi connectivity index (χ0n) is 11.1. The molecular weight excluding hydrogens is 272 g/mol. The highest BCUT2D eigenvalue weighted by molar-refractivity contribution is 6.32. The first-order chi connectivity index (χ1) is 9.78. The van der Waals surface area contributed by atoms with Crippen LogP contribution in [0.2, 0.25) is 5.02 Å². The highest BCUT2D eigenvalue weighted by atomic mass is 35.5. The van der Waals surface area contributed by atoms with Gasteiger partial charge in [0.25, 0.3) is 0 Å². The van der Waals surface area contributed by atoms with Gasteiger partial charge in [0.2, 0.25) is 0 Å². The number of ether oxygens (including phenoxy) is 1. The smallest absolute Gasteiger partial charge is 0.139 e. The van der Waals surface area contributed by atoms with Crippen molar-refractivity contribution in [2.75, 3.05) is 12.4 Å². The van der Waals surface area contributed by atoms with Gasteiger partial charge in [0.1, 0.15) is 5.75 Å². The molecule has 102 valence electrons. The predicted molar refractivity (Wildman–Crippen MR) is 83.6 cm³/mol. The molecule has 0 saturated carbocycles. The average molecular weight is 287 g/mol. The second kappa shape index (κ2) is 5.47. The summed E-state index contributed by atoms with van der Waals surface area (Å²) in [7, 11) is 1.62. The van der Waals surface area contributed by atoms with Crippen LogP contribution >= 0.6 is 11.6 Å². The summed E-state index contributed by atoms with van der Waals surface area (Å²) in [5, 5.41) is 5.24. The molecule has 0 spiro atoms. The molecule has 3 aromatic rings. The lowest BCUT2D eigenvalue weighted by atomic mass is 10.2. The quantitative estimate of drug-likeness (QED) is 0.744. The van der Waals surface area contributed by atoms with Gasteiger partial charge in [0, 0.05) is 35.4 Å². The molecule has 0 unspecified atom stereocenters. The summed E-state index contributed by atoms with van der Waals surface area (Å²) in [6.07, 6.45) is 2.03. The Morgan fingerprint density at radius 2 is 2.05 bits per heavy atom. The van der Waals surface area contributed by atoms with Gasteiger partial charge in [-0.2, -0.15) is 0 Å². The van der Waals surface area contributed by atoms with Gasteiger partial charge in [-0.25, -0.2) is 0 Å². The van der Waals surface area contributed by atoms with Gasteiger partial charge in [0.05, 0.1) is 12.1 Å². The van der Waals surface area contributed by atoms with E-state index in [-0.39, 0.29) is 0 Å². The summed E-state index contributed by atoms with van der Waals surface area (Å²) in [6, 6.07) is 13.9. The molecule has 0 bridgehead atoms. The highest BCUT2D eigenvalue weighted by Crippen LogP contribution is 2.28. The van der Waals surface area contributed by atoms with E-state index in [1.54, 1.807) is 7.11 Å². The first kappa shape index (κ1) is 12.9. The third-order valence-corrected chi connectivity index (χ3v) is 3.62. The summed E-state index contributed by atoms with van der Waals surface area (Å²) in [5.74, 6) is 0.676. The largest absolute Gasteiger partial charge is 0.495 e. The van der Waals surface area contributed by atoms with Gasteiger partial charge >= 0.3 is 0 Å². The van der Waals surface area contributed by atoms with Crippen LogP contribution in [0.25, 0.3) is 10.9 Å². The number of benzene rings is 2. The van der Waals surface area contributed by atoms with Crippen molar-refractivity contribution in [3.63, 3.8) is 0 Å². The Hall–Kier alpha value is -2.13. The molecular formula is C16H15ClN2O. The van der Waals surface area contributed by atoms with Crippen molar-refractivity contribution in [2.24, 2.45) is 0 Å². The van der Waals surface area contributed by atoms with Crippen LogP contribution in [0.15, 0.2) is 48.7 Å². The number of methoxy groups -OCH3 is 1. The monoisotopic (exact) mass is 286 g/mol. The fourth-order valence-corrected chi connectivity index (χ4v) is 2.44. The van der Waals surface area contributed by atoms with Crippen LogP contribution in [0.1, 0.15) is 5.56 Å². The Bertz CT molecular complexity index is 736. The Balaban J connectivity index is 1.79. The van der Waals surface area contributed by atoms with Crippen molar-refractivity contribution in [2.45, 2.75) is 6.54 Å². The van der Waals surface area contributed by atoms with Gasteiger partial charge in [-0.3, -0.25) is 0 Å². The second-order valence-corrected chi connectivity index (χ2v) is 4.97. The molecule has 4 heteroatoms. The summed E-state index contributed by atoms with van der Waals surface area (Å²) in [4.78, 5) is 3.27. The van der Waals surface area contributed by atoms with Crippen LogP contribution in [-0.4, -0.2) is 12.1 Å². The number of aromatic nitrogens is 1. The van der Waals surface area contributed by atoms with Crippen LogP contribution in [-0.2, 0) is 6.54 Å². The molecule has 3 nitrogen and oxygen atoms in total. The SMILES string of the molecule is COc1cc(NCc2c[nH]c3ccccc23)ccc1Cl. The molecule has 2 aromatic carbocycles. The van der Waals surface area contributed by atoms with Crippen LogP contribution in [0.5, 0.6) is 5.75 Å². The normalized spacial score (nSPS) is 10.7. The summed E-state index contributed by atoms with van der Waals surface area (Å²) in [6.45, 7) is 0.745. The minimum absolute atomic E-state index is 0.616. The van der Waals surface area contributed by atoms with Crippen molar-refractivity contribution >= 4 is 28.2 Å². The van der Waals surface area contributed by atoms with Gasteiger partial charge in [-0.1, -0.05) is 29.8 Å². The fraction of sp³-hybridized carbons (Fsp3) is 0.125. The van der Waals surface area contributed by atoms with Gasteiger partial charge in [0.15, 0.2) is 0 Å². The van der Waals surface area contributed by atoms with E-state index in [1.165, 1.54) is 10.9 Å². The molecule has 0 aliphatic heterocycles. The van der Waals surface area contributed by atoms with E-state index in [1.807, 2.05) is 36.5 Å². The minimum atomic E-state index is 0.616. The lowest BCUT2D eigenvalue weighted by Gasteiger charge is -2.09. The van der Waals surface area contributed by atoms with Crippen LogP contribution in [0.4, 0.5) is 5.69 Å². The molecule has 2 N–H and O–H groups in total. The fourth-order valence-electron chi connectivity index (χ4n) is 2.24. The lowest BCUT2D eigenvalue weighted by molar-refractivity contribution is 0.415. The number of aromatic amines is 1. The molecule has 0 saturated heterocycles. The number of hydrogen-bond donors (Lipinski definition) is 2. The predicted octanol–water partition coefficient (Wildman–Crippen LogP) is 4.44. The molecule has 0 aliphatic rings. The van der Waals surface area contributed by atoms with Crippen LogP contribution in [0, 0.1) is 0 Å². The third-order valence-electron chi connectivity index (χ3n) is 3.31. The second-order valence-electron chi connectivity index (χ2n) is 4.56. The molecule has 1 heterocycles. The number of hydrogen-bond acceptors (Lipinski definition) is 2. The minimum Gasteiger partial charge on any atom is -0.495 e. The number of fused-ring (bicyclic) bond motifs is 1. The molecule has 0 aliphatic carbocycles. The van der Waals surface area contributed by atoms with Crippen molar-refractivity contribution in [1.82, 2.24) is 4.98 Å². The molecule has 1 aromatic heterocycles. The third kappa shape index (κ3) is 2.45. The Morgan fingerprint density at radius 3 is 2.90 bits per heavy atom. The van der Waals surface area contributed by atoms with E-state index in [0.717, 1.165) is 17.7 Å². The molecule has 0 radical (unpaired) electrons. The van der Waals surface area contributed by atoms with E-state index < -0.39 is 0 Å². The average Bonchev–Trinajstić information content (AvgIpc) is 2.90. The molecule has 0 amide bonds. The first-order valence-electron chi connectivity index (χ1n) is 6.40. The van der Waals surface area contributed by atoms with E-state index in [0.29, 0.717) is 10.8 Å². The van der Waals surface area contributed by atoms with Gasteiger partial charge < -0.3 is 15.0 Å². The van der Waals surface area contributed by atoms with Crippen molar-refractivity contribution in [1.29, 1.82) is 0 Å². The standard InChI is InChI=1S/C16H15ClN2O/c1-20-16-8-12(6-7-14(16)17)18-9-11-10-19-15-5-3-2-4-13(11)15/h2-8,10,18-19H,9H2,1H3. The zero-order valence-corrected chi connectivity index (χ0v) is 11.9. The Morgan fingerprint density at radius 1 is 1.20 bits per heavy atom. The number of halogens is 1. The number of anilines is 1. The van der Waals surface area contributed by atoms with E-state index in [9.17, 15) is 0 Å². The van der Waals surface area contributed by atoms with E-state index >= 15 is 0 Å². The molecule has 3 rings (SSSR count). The topological polar surface area (TPSA) is 37.0 Å². The van der Waals surface area contributed by atoms with Crippen molar-refractivity contribution in [3.05, 3.63) is 59.2 Å². The summed E-state index contributed by atoms with van der Waals surface area (Å²) >= 11 is 6.02. The maximum absolute atomic E-state index is 6.02. The summed E-state index contributed by atoms with van der Waals surface area (Å²) < 4.78 is 5.21. The maximum Gasteiger partial charge on any atom is 0.139 e. The van der Waals surface area contributed by atoms with E-state index in [4.69, 9.17) is 16.3 Å². The first-order valence-corrected chi connectivity index (χ1v) is 6.78. The highest BCUT2D eigenvalue weighted by Gasteiger charge is 2.04. The summed E-state index contributed by atoms with van der Waals surface area (Å²) in [5.41, 5.74) is 3.36. The zero-order chi connectivity index (χ0) is 13.9. The molecule has 0 fully saturated rings. The Kier molecular flexibility index (Phi) is 3.52. The number of nitrogens with one attached hydrogen (secondary N) is 2. The lowest BCUT2D eigenvalue weighted by Crippen LogP contribution is -1.99. The van der Waals surface area contributed by atoms with E-state index in [2.05, 4.69) is 22.4 Å². The number of para-hydroxylation sites is 1.